The molecule has 2 aromatic heterocycles. The Labute approximate surface area is 181 Å². The standard InChI is InChI=1S/C18H24N6O5S.CH4/c1-3-5-11(6-4-2)17-22-18-20-8-7-14(24(18)23-17)21-13-9-12(15(25)16(13)26)10-29-30(19,27)28;/h3-8,12-13,15-16,21,25-26H,1,9-10H2,2H3,(H2,19,27,28);1H4/b6-4-,11-5+;/t12-,13-,15-,16+;/m1./s1. The van der Waals surface area contributed by atoms with E-state index in [0.29, 0.717) is 17.4 Å². The zero-order valence-corrected chi connectivity index (χ0v) is 17.1. The summed E-state index contributed by atoms with van der Waals surface area (Å²) in [5, 5.41) is 33.0. The third kappa shape index (κ3) is 5.74. The van der Waals surface area contributed by atoms with Gasteiger partial charge in [-0.1, -0.05) is 38.3 Å². The van der Waals surface area contributed by atoms with Crippen LogP contribution < -0.4 is 10.5 Å². The highest BCUT2D eigenvalue weighted by atomic mass is 32.2. The number of aliphatic hydroxyl groups is 2. The normalized spacial score (nSPS) is 24.5. The van der Waals surface area contributed by atoms with Gasteiger partial charge in [-0.3, -0.25) is 4.18 Å². The zero-order valence-electron chi connectivity index (χ0n) is 16.3. The van der Waals surface area contributed by atoms with Crippen molar-refractivity contribution in [1.82, 2.24) is 19.6 Å². The number of anilines is 1. The van der Waals surface area contributed by atoms with Crippen LogP contribution in [0.2, 0.25) is 0 Å². The minimum absolute atomic E-state index is 0. The Morgan fingerprint density at radius 1 is 1.45 bits per heavy atom. The second-order valence-electron chi connectivity index (χ2n) is 6.84. The molecule has 1 fully saturated rings. The van der Waals surface area contributed by atoms with Crippen LogP contribution in [0, 0.1) is 5.92 Å². The van der Waals surface area contributed by atoms with Gasteiger partial charge in [-0.05, 0) is 19.4 Å². The number of nitrogens with zero attached hydrogens (tertiary/aromatic N) is 4. The molecule has 0 radical (unpaired) electrons. The molecule has 0 bridgehead atoms. The van der Waals surface area contributed by atoms with Crippen LogP contribution in [0.5, 0.6) is 0 Å². The predicted octanol–water partition coefficient (Wildman–Crippen LogP) is 0.648. The van der Waals surface area contributed by atoms with Crippen molar-refractivity contribution in [2.24, 2.45) is 11.1 Å². The number of fused-ring (bicyclic) bond motifs is 1. The van der Waals surface area contributed by atoms with Gasteiger partial charge in [0.05, 0.1) is 18.8 Å². The van der Waals surface area contributed by atoms with Crippen LogP contribution in [0.4, 0.5) is 5.82 Å². The van der Waals surface area contributed by atoms with E-state index in [2.05, 4.69) is 31.1 Å². The fourth-order valence-corrected chi connectivity index (χ4v) is 3.71. The van der Waals surface area contributed by atoms with Gasteiger partial charge in [0.1, 0.15) is 11.9 Å². The summed E-state index contributed by atoms with van der Waals surface area (Å²) in [5.74, 6) is 0.676. The average molecular weight is 453 g/mol. The number of allylic oxidation sites excluding steroid dienone is 5. The fourth-order valence-electron chi connectivity index (χ4n) is 3.34. The lowest BCUT2D eigenvalue weighted by molar-refractivity contribution is 0.00777. The average Bonchev–Trinajstić information content (AvgIpc) is 3.23. The highest BCUT2D eigenvalue weighted by molar-refractivity contribution is 7.84. The first-order valence-electron chi connectivity index (χ1n) is 9.21. The molecule has 2 aromatic rings. The van der Waals surface area contributed by atoms with E-state index in [1.807, 2.05) is 19.1 Å². The van der Waals surface area contributed by atoms with Crippen LogP contribution in [-0.4, -0.2) is 63.1 Å². The molecule has 12 heteroatoms. The molecule has 2 heterocycles. The number of nitrogens with two attached hydrogens (primary N) is 1. The SMILES string of the molecule is C.C=C/C=C(\C=C/C)c1nc2nccc(N[C@@H]3C[C@H](COS(N)(=O)=O)[C@@H](O)[C@H]3O)n2n1. The summed E-state index contributed by atoms with van der Waals surface area (Å²) < 4.78 is 28.1. The van der Waals surface area contributed by atoms with E-state index in [1.165, 1.54) is 4.52 Å². The summed E-state index contributed by atoms with van der Waals surface area (Å²) in [6.07, 6.45) is 6.58. The Kier molecular flexibility index (Phi) is 8.03. The maximum atomic E-state index is 11.0. The van der Waals surface area contributed by atoms with E-state index in [1.54, 1.807) is 24.4 Å². The van der Waals surface area contributed by atoms with Crippen LogP contribution in [0.25, 0.3) is 11.4 Å². The van der Waals surface area contributed by atoms with Crippen molar-refractivity contribution >= 4 is 27.5 Å². The lowest BCUT2D eigenvalue weighted by Gasteiger charge is -2.19. The van der Waals surface area contributed by atoms with Gasteiger partial charge in [-0.25, -0.2) is 10.1 Å². The van der Waals surface area contributed by atoms with E-state index in [-0.39, 0.29) is 20.5 Å². The third-order valence-corrected chi connectivity index (χ3v) is 5.19. The molecule has 1 aliphatic rings. The summed E-state index contributed by atoms with van der Waals surface area (Å²) in [4.78, 5) is 8.62. The van der Waals surface area contributed by atoms with Crippen molar-refractivity contribution in [2.45, 2.75) is 39.0 Å². The molecule has 0 spiro atoms. The molecule has 1 aliphatic carbocycles. The van der Waals surface area contributed by atoms with Crippen LogP contribution in [-0.2, 0) is 14.5 Å². The quantitative estimate of drug-likeness (QED) is 0.421. The Morgan fingerprint density at radius 2 is 2.19 bits per heavy atom. The van der Waals surface area contributed by atoms with Gasteiger partial charge in [0, 0.05) is 17.7 Å². The van der Waals surface area contributed by atoms with Gasteiger partial charge < -0.3 is 15.5 Å². The molecule has 5 N–H and O–H groups in total. The minimum atomic E-state index is -4.13. The first-order chi connectivity index (χ1) is 14.2. The Bertz CT molecular complexity index is 1080. The van der Waals surface area contributed by atoms with Gasteiger partial charge in [-0.15, -0.1) is 5.10 Å². The molecule has 11 nitrogen and oxygen atoms in total. The number of hydrogen-bond donors (Lipinski definition) is 4. The fraction of sp³-hybridized carbons (Fsp3) is 0.421. The summed E-state index contributed by atoms with van der Waals surface area (Å²) in [6, 6.07) is 1.08. The van der Waals surface area contributed by atoms with Crippen molar-refractivity contribution in [3.05, 3.63) is 49.0 Å². The van der Waals surface area contributed by atoms with Crippen molar-refractivity contribution in [1.29, 1.82) is 0 Å². The van der Waals surface area contributed by atoms with Crippen molar-refractivity contribution in [3.63, 3.8) is 0 Å². The van der Waals surface area contributed by atoms with Gasteiger partial charge in [0.15, 0.2) is 5.82 Å². The molecule has 31 heavy (non-hydrogen) atoms. The first-order valence-corrected chi connectivity index (χ1v) is 10.7. The van der Waals surface area contributed by atoms with E-state index >= 15 is 0 Å². The van der Waals surface area contributed by atoms with Crippen molar-refractivity contribution in [2.75, 3.05) is 11.9 Å². The van der Waals surface area contributed by atoms with Crippen LogP contribution >= 0.6 is 0 Å². The molecule has 0 amide bonds. The molecular weight excluding hydrogens is 424 g/mol. The third-order valence-electron chi connectivity index (χ3n) is 4.72. The number of hydrogen-bond acceptors (Lipinski definition) is 9. The highest BCUT2D eigenvalue weighted by Gasteiger charge is 2.42. The van der Waals surface area contributed by atoms with Gasteiger partial charge in [-0.2, -0.15) is 17.9 Å². The summed E-state index contributed by atoms with van der Waals surface area (Å²) in [5.41, 5.74) is 0.750. The molecule has 4 atom stereocenters. The molecule has 170 valence electrons. The smallest absolute Gasteiger partial charge is 0.333 e. The molecule has 0 unspecified atom stereocenters. The zero-order chi connectivity index (χ0) is 21.9. The van der Waals surface area contributed by atoms with E-state index in [0.717, 1.165) is 5.57 Å². The maximum absolute atomic E-state index is 11.0. The second-order valence-corrected chi connectivity index (χ2v) is 8.06. The lowest BCUT2D eigenvalue weighted by Crippen LogP contribution is -2.36. The minimum Gasteiger partial charge on any atom is -0.390 e. The number of aliphatic hydroxyl groups excluding tert-OH is 2. The molecule has 0 aliphatic heterocycles. The van der Waals surface area contributed by atoms with Crippen molar-refractivity contribution in [3.8, 4) is 0 Å². The van der Waals surface area contributed by atoms with E-state index in [4.69, 9.17) is 5.14 Å². The monoisotopic (exact) mass is 452 g/mol. The lowest BCUT2D eigenvalue weighted by atomic mass is 10.1. The van der Waals surface area contributed by atoms with E-state index < -0.39 is 34.5 Å². The second kappa shape index (κ2) is 10.1. The molecular formula is C19H28N6O5S. The van der Waals surface area contributed by atoms with Gasteiger partial charge in [0.2, 0.25) is 0 Å². The van der Waals surface area contributed by atoms with E-state index in [9.17, 15) is 18.6 Å². The molecule has 0 aromatic carbocycles. The van der Waals surface area contributed by atoms with Crippen molar-refractivity contribution < 1.29 is 22.8 Å². The number of nitrogens with one attached hydrogen (secondary N) is 1. The summed E-state index contributed by atoms with van der Waals surface area (Å²) >= 11 is 0. The van der Waals surface area contributed by atoms with Gasteiger partial charge in [0.25, 0.3) is 5.78 Å². The Balaban J connectivity index is 0.00000341. The molecule has 1 saturated carbocycles. The summed E-state index contributed by atoms with van der Waals surface area (Å²) in [7, 11) is -4.13. The predicted molar refractivity (Wildman–Crippen MR) is 117 cm³/mol. The largest absolute Gasteiger partial charge is 0.390 e. The van der Waals surface area contributed by atoms with Crippen LogP contribution in [0.3, 0.4) is 0 Å². The highest BCUT2D eigenvalue weighted by Crippen LogP contribution is 2.30. The molecule has 0 saturated heterocycles. The molecule has 3 rings (SSSR count). The van der Waals surface area contributed by atoms with Gasteiger partial charge >= 0.3 is 10.3 Å². The Morgan fingerprint density at radius 3 is 2.84 bits per heavy atom. The summed E-state index contributed by atoms with van der Waals surface area (Å²) in [6.45, 7) is 5.24. The van der Waals surface area contributed by atoms with Crippen LogP contribution in [0.1, 0.15) is 26.6 Å². The number of aromatic nitrogens is 4. The Hall–Kier alpha value is -2.64. The maximum Gasteiger partial charge on any atom is 0.333 e. The van der Waals surface area contributed by atoms with Crippen LogP contribution in [0.15, 0.2) is 43.1 Å². The first kappa shape index (κ1) is 24.6. The number of rotatable bonds is 8. The topological polar surface area (TPSA) is 165 Å².